The maximum atomic E-state index is 12.4. The maximum absolute atomic E-state index is 12.4. The highest BCUT2D eigenvalue weighted by atomic mass is 16.5. The number of para-hydroxylation sites is 1. The van der Waals surface area contributed by atoms with Crippen LogP contribution in [0.1, 0.15) is 43.4 Å². The summed E-state index contributed by atoms with van der Waals surface area (Å²) in [5.74, 6) is 0.923. The number of nitrogens with one attached hydrogen (secondary N) is 1. The molecule has 122 valence electrons. The van der Waals surface area contributed by atoms with Crippen molar-refractivity contribution in [3.8, 4) is 5.75 Å². The number of anilines is 1. The smallest absolute Gasteiger partial charge is 0.265 e. The van der Waals surface area contributed by atoms with Gasteiger partial charge in [0, 0.05) is 5.69 Å². The normalized spacial score (nSPS) is 12.1. The first-order valence-electron chi connectivity index (χ1n) is 8.02. The molecule has 0 fully saturated rings. The molecule has 0 unspecified atom stereocenters. The molecule has 3 heteroatoms. The second-order valence-electron chi connectivity index (χ2n) is 6.24. The Kier molecular flexibility index (Phi) is 5.43. The van der Waals surface area contributed by atoms with E-state index in [1.54, 1.807) is 6.92 Å². The predicted molar refractivity (Wildman–Crippen MR) is 95.2 cm³/mol. The van der Waals surface area contributed by atoms with Gasteiger partial charge in [0.25, 0.3) is 5.91 Å². The van der Waals surface area contributed by atoms with Crippen LogP contribution in [-0.2, 0) is 4.79 Å². The number of ether oxygens (including phenoxy) is 1. The summed E-state index contributed by atoms with van der Waals surface area (Å²) in [5.41, 5.74) is 4.34. The molecule has 2 aromatic carbocycles. The number of carbonyl (C=O) groups is 1. The van der Waals surface area contributed by atoms with Crippen LogP contribution in [0.4, 0.5) is 5.69 Å². The molecule has 2 aromatic rings. The second-order valence-corrected chi connectivity index (χ2v) is 6.24. The zero-order valence-electron chi connectivity index (χ0n) is 14.5. The van der Waals surface area contributed by atoms with Crippen LogP contribution in [0.2, 0.25) is 0 Å². The van der Waals surface area contributed by atoms with E-state index in [0.717, 1.165) is 16.8 Å². The molecule has 23 heavy (non-hydrogen) atoms. The molecule has 0 aliphatic rings. The Morgan fingerprint density at radius 1 is 1.00 bits per heavy atom. The van der Waals surface area contributed by atoms with Crippen molar-refractivity contribution in [2.45, 2.75) is 46.6 Å². The number of rotatable bonds is 5. The van der Waals surface area contributed by atoms with Crippen LogP contribution < -0.4 is 10.1 Å². The van der Waals surface area contributed by atoms with Crippen molar-refractivity contribution in [1.82, 2.24) is 0 Å². The van der Waals surface area contributed by atoms with Gasteiger partial charge in [-0.05, 0) is 61.6 Å². The minimum absolute atomic E-state index is 0.142. The Morgan fingerprint density at radius 2 is 1.70 bits per heavy atom. The van der Waals surface area contributed by atoms with E-state index in [2.05, 4.69) is 26.1 Å². The average molecular weight is 311 g/mol. The van der Waals surface area contributed by atoms with Gasteiger partial charge in [0.05, 0.1) is 0 Å². The van der Waals surface area contributed by atoms with E-state index in [4.69, 9.17) is 4.74 Å². The van der Waals surface area contributed by atoms with E-state index in [-0.39, 0.29) is 5.91 Å². The molecule has 1 amide bonds. The first kappa shape index (κ1) is 17.1. The lowest BCUT2D eigenvalue weighted by atomic mass is 10.0. The summed E-state index contributed by atoms with van der Waals surface area (Å²) in [7, 11) is 0. The standard InChI is InChI=1S/C20H25NO2/c1-13(2)18-8-6-7-9-19(18)21-20(22)16(5)23-17-11-10-14(3)15(4)12-17/h6-13,16H,1-5H3,(H,21,22)/t16-/m0/s1. The highest BCUT2D eigenvalue weighted by Crippen LogP contribution is 2.24. The number of amides is 1. The molecule has 0 aliphatic carbocycles. The van der Waals surface area contributed by atoms with Crippen LogP contribution >= 0.6 is 0 Å². The molecule has 1 N–H and O–H groups in total. The number of hydrogen-bond donors (Lipinski definition) is 1. The predicted octanol–water partition coefficient (Wildman–Crippen LogP) is 4.83. The Balaban J connectivity index is 2.07. The molecule has 0 aromatic heterocycles. The summed E-state index contributed by atoms with van der Waals surface area (Å²) in [6.45, 7) is 10.1. The fraction of sp³-hybridized carbons (Fsp3) is 0.350. The zero-order chi connectivity index (χ0) is 17.0. The van der Waals surface area contributed by atoms with Crippen LogP contribution in [0.5, 0.6) is 5.75 Å². The summed E-state index contributed by atoms with van der Waals surface area (Å²) in [4.78, 5) is 12.4. The highest BCUT2D eigenvalue weighted by Gasteiger charge is 2.17. The van der Waals surface area contributed by atoms with Crippen molar-refractivity contribution < 1.29 is 9.53 Å². The summed E-state index contributed by atoms with van der Waals surface area (Å²) in [6.07, 6.45) is -0.558. The van der Waals surface area contributed by atoms with Gasteiger partial charge in [0.15, 0.2) is 6.10 Å². The van der Waals surface area contributed by atoms with Crippen LogP contribution in [0.3, 0.4) is 0 Å². The molecule has 0 spiro atoms. The molecule has 0 saturated heterocycles. The van der Waals surface area contributed by atoms with Crippen molar-refractivity contribution >= 4 is 11.6 Å². The van der Waals surface area contributed by atoms with Gasteiger partial charge in [-0.25, -0.2) is 0 Å². The lowest BCUT2D eigenvalue weighted by Crippen LogP contribution is -2.30. The molecular formula is C20H25NO2. The first-order valence-corrected chi connectivity index (χ1v) is 8.02. The summed E-state index contributed by atoms with van der Waals surface area (Å²) in [5, 5.41) is 2.97. The van der Waals surface area contributed by atoms with E-state index in [0.29, 0.717) is 11.7 Å². The van der Waals surface area contributed by atoms with Crippen molar-refractivity contribution in [3.05, 3.63) is 59.2 Å². The Bertz CT molecular complexity index is 692. The first-order chi connectivity index (χ1) is 10.9. The quantitative estimate of drug-likeness (QED) is 0.858. The van der Waals surface area contributed by atoms with Crippen LogP contribution in [0.15, 0.2) is 42.5 Å². The topological polar surface area (TPSA) is 38.3 Å². The monoisotopic (exact) mass is 311 g/mol. The van der Waals surface area contributed by atoms with Gasteiger partial charge in [0.2, 0.25) is 0 Å². The fourth-order valence-electron chi connectivity index (χ4n) is 2.39. The Morgan fingerprint density at radius 3 is 2.35 bits per heavy atom. The van der Waals surface area contributed by atoms with Crippen molar-refractivity contribution in [2.24, 2.45) is 0 Å². The van der Waals surface area contributed by atoms with Gasteiger partial charge >= 0.3 is 0 Å². The van der Waals surface area contributed by atoms with Gasteiger partial charge in [-0.1, -0.05) is 38.1 Å². The van der Waals surface area contributed by atoms with E-state index in [9.17, 15) is 4.79 Å². The number of hydrogen-bond acceptors (Lipinski definition) is 2. The summed E-state index contributed by atoms with van der Waals surface area (Å²) in [6, 6.07) is 13.7. The number of benzene rings is 2. The third-order valence-electron chi connectivity index (χ3n) is 4.00. The molecule has 0 heterocycles. The van der Waals surface area contributed by atoms with E-state index < -0.39 is 6.10 Å². The van der Waals surface area contributed by atoms with Crippen molar-refractivity contribution in [3.63, 3.8) is 0 Å². The average Bonchev–Trinajstić information content (AvgIpc) is 2.51. The third-order valence-corrected chi connectivity index (χ3v) is 4.00. The molecular weight excluding hydrogens is 286 g/mol. The van der Waals surface area contributed by atoms with Gasteiger partial charge in [-0.15, -0.1) is 0 Å². The van der Waals surface area contributed by atoms with Gasteiger partial charge < -0.3 is 10.1 Å². The number of carbonyl (C=O) groups excluding carboxylic acids is 1. The molecule has 0 aliphatic heterocycles. The van der Waals surface area contributed by atoms with Crippen LogP contribution in [0.25, 0.3) is 0 Å². The molecule has 0 saturated carbocycles. The van der Waals surface area contributed by atoms with Crippen molar-refractivity contribution in [1.29, 1.82) is 0 Å². The SMILES string of the molecule is Cc1ccc(O[C@@H](C)C(=O)Nc2ccccc2C(C)C)cc1C. The van der Waals surface area contributed by atoms with Crippen molar-refractivity contribution in [2.75, 3.05) is 5.32 Å². The van der Waals surface area contributed by atoms with E-state index >= 15 is 0 Å². The summed E-state index contributed by atoms with van der Waals surface area (Å²) < 4.78 is 5.77. The fourth-order valence-corrected chi connectivity index (χ4v) is 2.39. The van der Waals surface area contributed by atoms with Gasteiger partial charge in [-0.3, -0.25) is 4.79 Å². The Hall–Kier alpha value is -2.29. The second kappa shape index (κ2) is 7.32. The van der Waals surface area contributed by atoms with E-state index in [1.807, 2.05) is 49.4 Å². The minimum atomic E-state index is -0.558. The zero-order valence-corrected chi connectivity index (χ0v) is 14.5. The third kappa shape index (κ3) is 4.35. The van der Waals surface area contributed by atoms with Crippen LogP contribution in [0, 0.1) is 13.8 Å². The molecule has 0 bridgehead atoms. The largest absolute Gasteiger partial charge is 0.481 e. The highest BCUT2D eigenvalue weighted by molar-refractivity contribution is 5.94. The van der Waals surface area contributed by atoms with Crippen LogP contribution in [-0.4, -0.2) is 12.0 Å². The molecule has 3 nitrogen and oxygen atoms in total. The van der Waals surface area contributed by atoms with Gasteiger partial charge in [-0.2, -0.15) is 0 Å². The summed E-state index contributed by atoms with van der Waals surface area (Å²) >= 11 is 0. The van der Waals surface area contributed by atoms with E-state index in [1.165, 1.54) is 5.56 Å². The lowest BCUT2D eigenvalue weighted by Gasteiger charge is -2.18. The lowest BCUT2D eigenvalue weighted by molar-refractivity contribution is -0.122. The minimum Gasteiger partial charge on any atom is -0.481 e. The molecule has 1 atom stereocenters. The number of aryl methyl sites for hydroxylation is 2. The maximum Gasteiger partial charge on any atom is 0.265 e. The molecule has 0 radical (unpaired) electrons. The van der Waals surface area contributed by atoms with Gasteiger partial charge in [0.1, 0.15) is 5.75 Å². The Labute approximate surface area is 138 Å². The molecule has 2 rings (SSSR count).